The summed E-state index contributed by atoms with van der Waals surface area (Å²) in [5, 5.41) is 12.7. The standard InChI is InChI=1S/C25H26FN5O4S/c1-15-5-7-17(8-6-15)36(34,35)31-14-19(18-11-16(26)13-28-24(18)31)23-27-10-9-21(30-23)29-20(12-22(32)33)25(2,3)4/h5-11,13-14,20H,12H2,1-4H3,(H,32,33)(H,27,29,30)/t20-/m1/s1. The number of aliphatic carboxylic acids is 1. The molecule has 0 aliphatic heterocycles. The van der Waals surface area contributed by atoms with Gasteiger partial charge < -0.3 is 10.4 Å². The highest BCUT2D eigenvalue weighted by atomic mass is 32.2. The first-order valence-corrected chi connectivity index (χ1v) is 12.6. The lowest BCUT2D eigenvalue weighted by Crippen LogP contribution is -2.36. The minimum Gasteiger partial charge on any atom is -0.481 e. The summed E-state index contributed by atoms with van der Waals surface area (Å²) in [5.41, 5.74) is 0.810. The van der Waals surface area contributed by atoms with Crippen LogP contribution in [0.2, 0.25) is 0 Å². The number of rotatable bonds is 7. The van der Waals surface area contributed by atoms with Gasteiger partial charge in [0.05, 0.1) is 17.5 Å². The minimum absolute atomic E-state index is 0.0346. The number of carboxylic acid groups (broad SMARTS) is 1. The van der Waals surface area contributed by atoms with Crippen LogP contribution in [-0.2, 0) is 14.8 Å². The molecule has 9 nitrogen and oxygen atoms in total. The molecule has 0 amide bonds. The Labute approximate surface area is 208 Å². The average Bonchev–Trinajstić information content (AvgIpc) is 3.18. The largest absolute Gasteiger partial charge is 0.481 e. The van der Waals surface area contributed by atoms with Gasteiger partial charge in [-0.05, 0) is 36.6 Å². The average molecular weight is 512 g/mol. The van der Waals surface area contributed by atoms with E-state index in [1.54, 1.807) is 18.2 Å². The van der Waals surface area contributed by atoms with Crippen molar-refractivity contribution in [2.45, 2.75) is 45.1 Å². The first-order valence-electron chi connectivity index (χ1n) is 11.2. The molecule has 3 aromatic heterocycles. The number of halogens is 1. The fraction of sp³-hybridized carbons (Fsp3) is 0.280. The summed E-state index contributed by atoms with van der Waals surface area (Å²) in [6.45, 7) is 7.58. The van der Waals surface area contributed by atoms with Crippen LogP contribution in [0, 0.1) is 18.2 Å². The van der Waals surface area contributed by atoms with E-state index in [0.29, 0.717) is 5.82 Å². The van der Waals surface area contributed by atoms with Crippen molar-refractivity contribution in [3.63, 3.8) is 0 Å². The van der Waals surface area contributed by atoms with Gasteiger partial charge >= 0.3 is 5.97 Å². The van der Waals surface area contributed by atoms with Crippen molar-refractivity contribution in [2.24, 2.45) is 5.41 Å². The van der Waals surface area contributed by atoms with Crippen molar-refractivity contribution in [1.29, 1.82) is 0 Å². The monoisotopic (exact) mass is 511 g/mol. The van der Waals surface area contributed by atoms with Crippen LogP contribution in [0.25, 0.3) is 22.4 Å². The van der Waals surface area contributed by atoms with Crippen molar-refractivity contribution in [2.75, 3.05) is 5.32 Å². The van der Waals surface area contributed by atoms with Gasteiger partial charge in [0.25, 0.3) is 10.0 Å². The van der Waals surface area contributed by atoms with E-state index in [1.807, 2.05) is 27.7 Å². The number of pyridine rings is 1. The van der Waals surface area contributed by atoms with E-state index in [-0.39, 0.29) is 33.7 Å². The van der Waals surface area contributed by atoms with Gasteiger partial charge in [-0.3, -0.25) is 4.79 Å². The van der Waals surface area contributed by atoms with Crippen LogP contribution < -0.4 is 5.32 Å². The predicted molar refractivity (Wildman–Crippen MR) is 134 cm³/mol. The molecule has 36 heavy (non-hydrogen) atoms. The van der Waals surface area contributed by atoms with Crippen LogP contribution in [0.15, 0.2) is 59.9 Å². The molecule has 0 unspecified atom stereocenters. The lowest BCUT2D eigenvalue weighted by Gasteiger charge is -2.30. The number of nitrogens with one attached hydrogen (secondary N) is 1. The third-order valence-corrected chi connectivity index (χ3v) is 7.46. The Hall–Kier alpha value is -3.86. The Morgan fingerprint density at radius 1 is 1.17 bits per heavy atom. The zero-order valence-corrected chi connectivity index (χ0v) is 21.0. The minimum atomic E-state index is -4.05. The van der Waals surface area contributed by atoms with Crippen LogP contribution in [0.5, 0.6) is 0 Å². The van der Waals surface area contributed by atoms with Crippen molar-refractivity contribution in [3.05, 3.63) is 66.4 Å². The molecule has 0 bridgehead atoms. The topological polar surface area (TPSA) is 127 Å². The van der Waals surface area contributed by atoms with E-state index < -0.39 is 33.3 Å². The second kappa shape index (κ2) is 9.30. The van der Waals surface area contributed by atoms with Crippen LogP contribution in [0.3, 0.4) is 0 Å². The number of aryl methyl sites for hydroxylation is 1. The number of anilines is 1. The molecule has 11 heteroatoms. The van der Waals surface area contributed by atoms with E-state index in [2.05, 4.69) is 20.3 Å². The normalized spacial score (nSPS) is 13.0. The number of nitrogens with zero attached hydrogens (tertiary/aromatic N) is 4. The molecular formula is C25H26FN5O4S. The molecule has 0 saturated heterocycles. The molecule has 0 fully saturated rings. The Kier molecular flexibility index (Phi) is 6.52. The molecule has 1 atom stereocenters. The number of hydrogen-bond acceptors (Lipinski definition) is 7. The summed E-state index contributed by atoms with van der Waals surface area (Å²) in [7, 11) is -4.05. The van der Waals surface area contributed by atoms with Crippen molar-refractivity contribution < 1.29 is 22.7 Å². The van der Waals surface area contributed by atoms with Gasteiger partial charge in [-0.25, -0.2) is 31.7 Å². The van der Waals surface area contributed by atoms with Crippen molar-refractivity contribution in [1.82, 2.24) is 18.9 Å². The Morgan fingerprint density at radius 2 is 1.86 bits per heavy atom. The zero-order chi connectivity index (χ0) is 26.3. The summed E-state index contributed by atoms with van der Waals surface area (Å²) < 4.78 is 42.0. The Morgan fingerprint density at radius 3 is 2.50 bits per heavy atom. The Balaban J connectivity index is 1.83. The third-order valence-electron chi connectivity index (χ3n) is 5.80. The molecule has 0 aliphatic carbocycles. The van der Waals surface area contributed by atoms with E-state index in [9.17, 15) is 22.7 Å². The van der Waals surface area contributed by atoms with Gasteiger partial charge in [0, 0.05) is 29.4 Å². The van der Waals surface area contributed by atoms with E-state index in [1.165, 1.54) is 30.6 Å². The molecule has 0 radical (unpaired) electrons. The lowest BCUT2D eigenvalue weighted by atomic mass is 9.85. The highest BCUT2D eigenvalue weighted by Gasteiger charge is 2.28. The van der Waals surface area contributed by atoms with Crippen LogP contribution >= 0.6 is 0 Å². The molecule has 2 N–H and O–H groups in total. The second-order valence-corrected chi connectivity index (χ2v) is 11.4. The number of aromatic nitrogens is 4. The lowest BCUT2D eigenvalue weighted by molar-refractivity contribution is -0.137. The fourth-order valence-corrected chi connectivity index (χ4v) is 5.06. The summed E-state index contributed by atoms with van der Waals surface area (Å²) >= 11 is 0. The van der Waals surface area contributed by atoms with Gasteiger partial charge in [0.1, 0.15) is 11.6 Å². The number of carboxylic acids is 1. The van der Waals surface area contributed by atoms with E-state index in [4.69, 9.17) is 0 Å². The van der Waals surface area contributed by atoms with Crippen molar-refractivity contribution >= 4 is 32.8 Å². The van der Waals surface area contributed by atoms with Gasteiger partial charge in [0.15, 0.2) is 11.5 Å². The molecule has 4 rings (SSSR count). The number of benzene rings is 1. The Bertz CT molecular complexity index is 1540. The first-order chi connectivity index (χ1) is 16.9. The zero-order valence-electron chi connectivity index (χ0n) is 20.2. The summed E-state index contributed by atoms with van der Waals surface area (Å²) in [6.07, 6.45) is 3.61. The summed E-state index contributed by atoms with van der Waals surface area (Å²) in [4.78, 5) is 24.2. The maximum Gasteiger partial charge on any atom is 0.305 e. The molecule has 0 saturated carbocycles. The van der Waals surface area contributed by atoms with Crippen LogP contribution in [0.1, 0.15) is 32.8 Å². The molecule has 188 valence electrons. The fourth-order valence-electron chi connectivity index (χ4n) is 3.73. The van der Waals surface area contributed by atoms with E-state index >= 15 is 0 Å². The third kappa shape index (κ3) is 5.06. The molecule has 1 aromatic carbocycles. The van der Waals surface area contributed by atoms with Crippen LogP contribution in [-0.4, -0.2) is 44.5 Å². The molecular weight excluding hydrogens is 485 g/mol. The summed E-state index contributed by atoms with van der Waals surface area (Å²) in [5.74, 6) is -1.11. The number of carbonyl (C=O) groups is 1. The maximum atomic E-state index is 14.2. The second-order valence-electron chi connectivity index (χ2n) is 9.61. The van der Waals surface area contributed by atoms with Crippen molar-refractivity contribution in [3.8, 4) is 11.4 Å². The number of fused-ring (bicyclic) bond motifs is 1. The van der Waals surface area contributed by atoms with Gasteiger partial charge in [0.2, 0.25) is 0 Å². The maximum absolute atomic E-state index is 14.2. The van der Waals surface area contributed by atoms with Crippen LogP contribution in [0.4, 0.5) is 10.2 Å². The highest BCUT2D eigenvalue weighted by Crippen LogP contribution is 2.32. The highest BCUT2D eigenvalue weighted by molar-refractivity contribution is 7.90. The molecule has 3 heterocycles. The van der Waals surface area contributed by atoms with E-state index in [0.717, 1.165) is 15.7 Å². The molecule has 0 aliphatic rings. The quantitative estimate of drug-likeness (QED) is 0.372. The van der Waals surface area contributed by atoms with Gasteiger partial charge in [-0.1, -0.05) is 38.5 Å². The van der Waals surface area contributed by atoms with Gasteiger partial charge in [-0.15, -0.1) is 0 Å². The predicted octanol–water partition coefficient (Wildman–Crippen LogP) is 4.48. The smallest absolute Gasteiger partial charge is 0.305 e. The first kappa shape index (κ1) is 25.2. The molecule has 4 aromatic rings. The van der Waals surface area contributed by atoms with Gasteiger partial charge in [-0.2, -0.15) is 0 Å². The number of hydrogen-bond donors (Lipinski definition) is 2. The SMILES string of the molecule is Cc1ccc(S(=O)(=O)n2cc(-c3nccc(N[C@H](CC(=O)O)C(C)(C)C)n3)c3cc(F)cnc32)cc1. The molecule has 0 spiro atoms. The summed E-state index contributed by atoms with van der Waals surface area (Å²) in [6, 6.07) is 8.70.